The van der Waals surface area contributed by atoms with Gasteiger partial charge in [0.25, 0.3) is 11.8 Å². The predicted molar refractivity (Wildman–Crippen MR) is 164 cm³/mol. The van der Waals surface area contributed by atoms with Crippen molar-refractivity contribution in [1.82, 2.24) is 10.9 Å². The number of hydrogen-bond donors (Lipinski definition) is 4. The first-order chi connectivity index (χ1) is 20.5. The van der Waals surface area contributed by atoms with Crippen molar-refractivity contribution in [1.29, 1.82) is 0 Å². The molecule has 8 nitrogen and oxygen atoms in total. The van der Waals surface area contributed by atoms with Crippen LogP contribution in [0.4, 0.5) is 0 Å². The number of phenolic OH excluding ortho intramolecular Hbond substituents is 2. The largest absolute Gasteiger partial charge is 0.507 e. The fourth-order valence-corrected chi connectivity index (χ4v) is 4.15. The van der Waals surface area contributed by atoms with Crippen LogP contribution in [0.1, 0.15) is 31.8 Å². The van der Waals surface area contributed by atoms with Crippen molar-refractivity contribution in [2.45, 2.75) is 0 Å². The van der Waals surface area contributed by atoms with Crippen LogP contribution in [0.2, 0.25) is 0 Å². The number of hydrogen-bond acceptors (Lipinski definition) is 6. The van der Waals surface area contributed by atoms with Crippen LogP contribution in [0.3, 0.4) is 0 Å². The van der Waals surface area contributed by atoms with Crippen LogP contribution in [0, 0.1) is 0 Å². The van der Waals surface area contributed by atoms with Crippen LogP contribution in [0.5, 0.6) is 11.5 Å². The molecule has 4 N–H and O–H groups in total. The monoisotopic (exact) mass is 554 g/mol. The number of carbonyl (C=O) groups excluding carboxylic acids is 2. The van der Waals surface area contributed by atoms with E-state index in [0.29, 0.717) is 22.3 Å². The Balaban J connectivity index is 1.21. The fraction of sp³-hybridized carbons (Fsp3) is 0. The molecule has 5 rings (SSSR count). The third-order valence-electron chi connectivity index (χ3n) is 6.44. The quantitative estimate of drug-likeness (QED) is 0.140. The maximum absolute atomic E-state index is 12.5. The molecule has 2 amide bonds. The highest BCUT2D eigenvalue weighted by atomic mass is 16.3. The van der Waals surface area contributed by atoms with Gasteiger partial charge in [-0.3, -0.25) is 9.59 Å². The number of nitrogens with zero attached hydrogens (tertiary/aromatic N) is 2. The number of nitrogens with one attached hydrogen (secondary N) is 2. The SMILES string of the molecule is O=C(N/N=C/c1ccccc1O)c1ccc(-c2cccc(-c3ccc(C(=O)N/N=C/c4ccccc4O)cc3)c2)cc1. The summed E-state index contributed by atoms with van der Waals surface area (Å²) in [6, 6.07) is 35.7. The fourth-order valence-electron chi connectivity index (χ4n) is 4.15. The van der Waals surface area contributed by atoms with Crippen LogP contribution in [-0.2, 0) is 0 Å². The molecule has 0 atom stereocenters. The van der Waals surface area contributed by atoms with E-state index in [9.17, 15) is 19.8 Å². The van der Waals surface area contributed by atoms with Crippen molar-refractivity contribution >= 4 is 24.2 Å². The molecule has 42 heavy (non-hydrogen) atoms. The second kappa shape index (κ2) is 12.9. The second-order valence-electron chi connectivity index (χ2n) is 9.25. The summed E-state index contributed by atoms with van der Waals surface area (Å²) in [7, 11) is 0. The lowest BCUT2D eigenvalue weighted by molar-refractivity contribution is 0.0947. The Hall–Kier alpha value is -6.02. The Bertz CT molecular complexity index is 1650. The third-order valence-corrected chi connectivity index (χ3v) is 6.44. The molecule has 0 aliphatic carbocycles. The Morgan fingerprint density at radius 3 is 1.31 bits per heavy atom. The Morgan fingerprint density at radius 1 is 0.500 bits per heavy atom. The number of para-hydroxylation sites is 2. The van der Waals surface area contributed by atoms with E-state index in [1.807, 2.05) is 48.5 Å². The van der Waals surface area contributed by atoms with E-state index in [4.69, 9.17) is 0 Å². The average molecular weight is 555 g/mol. The molecule has 0 spiro atoms. The summed E-state index contributed by atoms with van der Waals surface area (Å²) in [5, 5.41) is 27.4. The minimum Gasteiger partial charge on any atom is -0.507 e. The van der Waals surface area contributed by atoms with Gasteiger partial charge in [0.05, 0.1) is 12.4 Å². The maximum atomic E-state index is 12.5. The molecule has 0 saturated carbocycles. The zero-order valence-corrected chi connectivity index (χ0v) is 22.3. The van der Waals surface area contributed by atoms with E-state index in [1.54, 1.807) is 72.8 Å². The van der Waals surface area contributed by atoms with E-state index in [2.05, 4.69) is 21.1 Å². The van der Waals surface area contributed by atoms with Gasteiger partial charge in [0, 0.05) is 22.3 Å². The average Bonchev–Trinajstić information content (AvgIpc) is 3.03. The van der Waals surface area contributed by atoms with E-state index >= 15 is 0 Å². The molecule has 0 aliphatic heterocycles. The molecule has 5 aromatic carbocycles. The van der Waals surface area contributed by atoms with Gasteiger partial charge < -0.3 is 10.2 Å². The summed E-state index contributed by atoms with van der Waals surface area (Å²) >= 11 is 0. The number of aromatic hydroxyl groups is 2. The topological polar surface area (TPSA) is 123 Å². The molecule has 0 saturated heterocycles. The lowest BCUT2D eigenvalue weighted by atomic mass is 9.98. The van der Waals surface area contributed by atoms with Crippen molar-refractivity contribution in [2.24, 2.45) is 10.2 Å². The van der Waals surface area contributed by atoms with Gasteiger partial charge in [-0.2, -0.15) is 10.2 Å². The summed E-state index contributed by atoms with van der Waals surface area (Å²) in [4.78, 5) is 25.0. The minimum atomic E-state index is -0.366. The first-order valence-electron chi connectivity index (χ1n) is 13.0. The molecule has 0 aliphatic rings. The smallest absolute Gasteiger partial charge is 0.271 e. The summed E-state index contributed by atoms with van der Waals surface area (Å²) < 4.78 is 0. The maximum Gasteiger partial charge on any atom is 0.271 e. The molecular weight excluding hydrogens is 528 g/mol. The third kappa shape index (κ3) is 6.75. The number of phenols is 2. The summed E-state index contributed by atoms with van der Waals surface area (Å²) in [6.07, 6.45) is 2.77. The summed E-state index contributed by atoms with van der Waals surface area (Å²) in [5.74, 6) is -0.573. The Labute approximate surface area is 242 Å². The molecule has 0 bridgehead atoms. The molecule has 0 fully saturated rings. The molecule has 0 radical (unpaired) electrons. The van der Waals surface area contributed by atoms with Crippen molar-refractivity contribution < 1.29 is 19.8 Å². The highest BCUT2D eigenvalue weighted by Gasteiger charge is 2.08. The number of hydrazone groups is 2. The van der Waals surface area contributed by atoms with Crippen molar-refractivity contribution in [3.05, 3.63) is 144 Å². The van der Waals surface area contributed by atoms with Crippen molar-refractivity contribution in [3.8, 4) is 33.8 Å². The molecule has 206 valence electrons. The van der Waals surface area contributed by atoms with Gasteiger partial charge in [0.2, 0.25) is 0 Å². The number of rotatable bonds is 8. The lowest BCUT2D eigenvalue weighted by Gasteiger charge is -2.08. The predicted octanol–water partition coefficient (Wildman–Crippen LogP) is 5.96. The van der Waals surface area contributed by atoms with Crippen LogP contribution >= 0.6 is 0 Å². The molecule has 8 heteroatoms. The van der Waals surface area contributed by atoms with Crippen molar-refractivity contribution in [2.75, 3.05) is 0 Å². The molecule has 0 unspecified atom stereocenters. The van der Waals surface area contributed by atoms with Gasteiger partial charge >= 0.3 is 0 Å². The van der Waals surface area contributed by atoms with E-state index in [-0.39, 0.29) is 23.3 Å². The lowest BCUT2D eigenvalue weighted by Crippen LogP contribution is -2.17. The summed E-state index contributed by atoms with van der Waals surface area (Å²) in [6.45, 7) is 0. The Kier molecular flexibility index (Phi) is 8.45. The minimum absolute atomic E-state index is 0.0790. The van der Waals surface area contributed by atoms with Crippen LogP contribution in [0.15, 0.2) is 132 Å². The van der Waals surface area contributed by atoms with Crippen LogP contribution < -0.4 is 10.9 Å². The first-order valence-corrected chi connectivity index (χ1v) is 13.0. The zero-order valence-electron chi connectivity index (χ0n) is 22.3. The highest BCUT2D eigenvalue weighted by molar-refractivity contribution is 5.96. The van der Waals surface area contributed by atoms with E-state index in [0.717, 1.165) is 22.3 Å². The number of amides is 2. The first kappa shape index (κ1) is 27.5. The Morgan fingerprint density at radius 2 is 0.905 bits per heavy atom. The number of benzene rings is 5. The van der Waals surface area contributed by atoms with Gasteiger partial charge in [-0.05, 0) is 76.9 Å². The van der Waals surface area contributed by atoms with Gasteiger partial charge in [0.1, 0.15) is 11.5 Å². The van der Waals surface area contributed by atoms with E-state index in [1.165, 1.54) is 12.4 Å². The van der Waals surface area contributed by atoms with Crippen LogP contribution in [0.25, 0.3) is 22.3 Å². The second-order valence-corrected chi connectivity index (χ2v) is 9.25. The molecular formula is C34H26N4O4. The van der Waals surface area contributed by atoms with Crippen molar-refractivity contribution in [3.63, 3.8) is 0 Å². The van der Waals surface area contributed by atoms with Gasteiger partial charge in [0.15, 0.2) is 0 Å². The van der Waals surface area contributed by atoms with E-state index < -0.39 is 0 Å². The van der Waals surface area contributed by atoms with Crippen LogP contribution in [-0.4, -0.2) is 34.5 Å². The standard InChI is InChI=1S/C34H26N4O4/c39-31-10-3-1-6-29(31)21-35-37-33(41)25-16-12-23(13-17-25)27-8-5-9-28(20-27)24-14-18-26(19-15-24)34(42)38-36-22-30-7-2-4-11-32(30)40/h1-22,39-40H,(H,37,41)(H,38,42)/b35-21+,36-22+. The number of carbonyl (C=O) groups is 2. The molecule has 0 aromatic heterocycles. The molecule has 5 aromatic rings. The normalized spacial score (nSPS) is 11.0. The summed E-state index contributed by atoms with van der Waals surface area (Å²) in [5.41, 5.74) is 10.6. The van der Waals surface area contributed by atoms with Gasteiger partial charge in [-0.25, -0.2) is 10.9 Å². The zero-order chi connectivity index (χ0) is 29.3. The molecule has 0 heterocycles. The van der Waals surface area contributed by atoms with Gasteiger partial charge in [-0.1, -0.05) is 66.7 Å². The highest BCUT2D eigenvalue weighted by Crippen LogP contribution is 2.27. The van der Waals surface area contributed by atoms with Gasteiger partial charge in [-0.15, -0.1) is 0 Å².